The summed E-state index contributed by atoms with van der Waals surface area (Å²) in [6.07, 6.45) is 0.618. The van der Waals surface area contributed by atoms with Crippen molar-refractivity contribution in [2.45, 2.75) is 13.3 Å². The van der Waals surface area contributed by atoms with E-state index in [9.17, 15) is 4.79 Å². The van der Waals surface area contributed by atoms with Crippen molar-refractivity contribution in [3.8, 4) is 5.75 Å². The lowest BCUT2D eigenvalue weighted by Gasteiger charge is -2.04. The van der Waals surface area contributed by atoms with Gasteiger partial charge in [0.1, 0.15) is 11.6 Å². The Morgan fingerprint density at radius 2 is 2.29 bits per heavy atom. The summed E-state index contributed by atoms with van der Waals surface area (Å²) in [7, 11) is 3.49. The molecule has 0 aliphatic rings. The minimum Gasteiger partial charge on any atom is -0.497 e. The lowest BCUT2D eigenvalue weighted by atomic mass is 10.1. The highest BCUT2D eigenvalue weighted by Gasteiger charge is 2.16. The number of hydrogen-bond donors (Lipinski definition) is 2. The molecule has 24 heavy (non-hydrogen) atoms. The number of benzene rings is 1. The van der Waals surface area contributed by atoms with Gasteiger partial charge in [-0.3, -0.25) is 9.89 Å². The Bertz CT molecular complexity index is 955. The van der Waals surface area contributed by atoms with Crippen molar-refractivity contribution >= 4 is 39.5 Å². The largest absolute Gasteiger partial charge is 0.497 e. The van der Waals surface area contributed by atoms with Crippen molar-refractivity contribution in [3.63, 3.8) is 0 Å². The average molecular weight is 362 g/mol. The molecule has 0 saturated heterocycles. The van der Waals surface area contributed by atoms with E-state index in [1.54, 1.807) is 11.7 Å². The molecule has 2 N–H and O–H groups in total. The lowest BCUT2D eigenvalue weighted by molar-refractivity contribution is 0.0957. The average Bonchev–Trinajstić information content (AvgIpc) is 3.08. The topological polar surface area (TPSA) is 71.9 Å². The molecule has 0 radical (unpaired) electrons. The van der Waals surface area contributed by atoms with Gasteiger partial charge in [0, 0.05) is 24.7 Å². The highest BCUT2D eigenvalue weighted by molar-refractivity contribution is 7.71. The molecule has 126 valence electrons. The van der Waals surface area contributed by atoms with Gasteiger partial charge in [0.05, 0.1) is 12.0 Å². The van der Waals surface area contributed by atoms with E-state index in [-0.39, 0.29) is 5.91 Å². The summed E-state index contributed by atoms with van der Waals surface area (Å²) in [4.78, 5) is 13.2. The number of ether oxygens (including phenoxy) is 1. The predicted molar refractivity (Wildman–Crippen MR) is 97.5 cm³/mol. The van der Waals surface area contributed by atoms with Gasteiger partial charge in [0.2, 0.25) is 0 Å². The standard InChI is InChI=1S/C16H18N4O2S2/c1-9-11-8-10(22-3)4-5-12(11)24-14(9)15(21)17-7-6-13-18-19-16(23)20(13)2/h4-5,8H,6-7H2,1-3H3,(H,17,21)(H,19,23). The molecule has 2 aromatic heterocycles. The second kappa shape index (κ2) is 6.74. The van der Waals surface area contributed by atoms with E-state index in [0.717, 1.165) is 32.1 Å². The number of amides is 1. The van der Waals surface area contributed by atoms with Crippen molar-refractivity contribution in [1.29, 1.82) is 0 Å². The molecule has 0 atom stereocenters. The van der Waals surface area contributed by atoms with Gasteiger partial charge in [-0.05, 0) is 48.3 Å². The number of aromatic amines is 1. The van der Waals surface area contributed by atoms with Crippen molar-refractivity contribution in [3.05, 3.63) is 39.2 Å². The number of thiophene rings is 1. The molecule has 2 heterocycles. The number of nitrogens with one attached hydrogen (secondary N) is 2. The summed E-state index contributed by atoms with van der Waals surface area (Å²) in [6.45, 7) is 2.47. The normalized spacial score (nSPS) is 11.0. The van der Waals surface area contributed by atoms with Gasteiger partial charge in [0.25, 0.3) is 5.91 Å². The quantitative estimate of drug-likeness (QED) is 0.685. The van der Waals surface area contributed by atoms with Crippen molar-refractivity contribution < 1.29 is 9.53 Å². The summed E-state index contributed by atoms with van der Waals surface area (Å²) in [5, 5.41) is 10.9. The zero-order valence-electron chi connectivity index (χ0n) is 13.7. The number of H-pyrrole nitrogens is 1. The van der Waals surface area contributed by atoms with Gasteiger partial charge in [-0.25, -0.2) is 0 Å². The van der Waals surface area contributed by atoms with Crippen LogP contribution in [0, 0.1) is 11.7 Å². The van der Waals surface area contributed by atoms with E-state index < -0.39 is 0 Å². The van der Waals surface area contributed by atoms with Crippen molar-refractivity contribution in [1.82, 2.24) is 20.1 Å². The minimum absolute atomic E-state index is 0.0653. The van der Waals surface area contributed by atoms with Crippen molar-refractivity contribution in [2.24, 2.45) is 7.05 Å². The van der Waals surface area contributed by atoms with E-state index in [4.69, 9.17) is 17.0 Å². The molecule has 0 aliphatic heterocycles. The first-order valence-corrected chi connectivity index (χ1v) is 8.69. The second-order valence-corrected chi connectivity index (χ2v) is 6.87. The van der Waals surface area contributed by atoms with Crippen LogP contribution in [-0.2, 0) is 13.5 Å². The molecular weight excluding hydrogens is 344 g/mol. The van der Waals surface area contributed by atoms with E-state index in [0.29, 0.717) is 17.7 Å². The van der Waals surface area contributed by atoms with Crippen LogP contribution < -0.4 is 10.1 Å². The molecule has 0 unspecified atom stereocenters. The van der Waals surface area contributed by atoms with Gasteiger partial charge >= 0.3 is 0 Å². The molecule has 0 aliphatic carbocycles. The number of aryl methyl sites for hydroxylation is 1. The monoisotopic (exact) mass is 362 g/mol. The third-order valence-corrected chi connectivity index (χ3v) is 5.59. The third-order valence-electron chi connectivity index (χ3n) is 3.96. The Balaban J connectivity index is 1.73. The predicted octanol–water partition coefficient (Wildman–Crippen LogP) is 2.98. The fraction of sp³-hybridized carbons (Fsp3) is 0.312. The third kappa shape index (κ3) is 3.07. The summed E-state index contributed by atoms with van der Waals surface area (Å²) >= 11 is 6.57. The van der Waals surface area contributed by atoms with Crippen LogP contribution in [0.15, 0.2) is 18.2 Å². The maximum atomic E-state index is 12.5. The Morgan fingerprint density at radius 1 is 1.50 bits per heavy atom. The van der Waals surface area contributed by atoms with Crippen LogP contribution in [0.5, 0.6) is 5.75 Å². The molecule has 6 nitrogen and oxygen atoms in total. The van der Waals surface area contributed by atoms with Gasteiger partial charge in [0.15, 0.2) is 4.77 Å². The summed E-state index contributed by atoms with van der Waals surface area (Å²) in [6, 6.07) is 5.86. The van der Waals surface area contributed by atoms with E-state index in [2.05, 4.69) is 15.5 Å². The van der Waals surface area contributed by atoms with E-state index in [1.165, 1.54) is 11.3 Å². The number of hydrogen-bond acceptors (Lipinski definition) is 5. The Morgan fingerprint density at radius 3 is 2.96 bits per heavy atom. The lowest BCUT2D eigenvalue weighted by Crippen LogP contribution is -2.26. The smallest absolute Gasteiger partial charge is 0.261 e. The molecule has 0 bridgehead atoms. The summed E-state index contributed by atoms with van der Waals surface area (Å²) < 4.78 is 8.71. The van der Waals surface area contributed by atoms with Crippen LogP contribution in [0.4, 0.5) is 0 Å². The molecule has 0 saturated carbocycles. The van der Waals surface area contributed by atoms with Crippen LogP contribution >= 0.6 is 23.6 Å². The zero-order chi connectivity index (χ0) is 17.3. The first kappa shape index (κ1) is 16.7. The van der Waals surface area contributed by atoms with E-state index in [1.807, 2.05) is 32.2 Å². The SMILES string of the molecule is COc1ccc2sc(C(=O)NCCc3n[nH]c(=S)n3C)c(C)c2c1. The number of nitrogens with zero attached hydrogens (tertiary/aromatic N) is 2. The zero-order valence-corrected chi connectivity index (χ0v) is 15.3. The molecule has 1 amide bonds. The highest BCUT2D eigenvalue weighted by Crippen LogP contribution is 2.33. The molecule has 3 aromatic rings. The maximum Gasteiger partial charge on any atom is 0.261 e. The van der Waals surface area contributed by atoms with E-state index >= 15 is 0 Å². The molecular formula is C16H18N4O2S2. The Hall–Kier alpha value is -2.19. The van der Waals surface area contributed by atoms with Crippen LogP contribution in [-0.4, -0.2) is 34.3 Å². The number of fused-ring (bicyclic) bond motifs is 1. The molecule has 0 spiro atoms. The molecule has 0 fully saturated rings. The van der Waals surface area contributed by atoms with Crippen LogP contribution in [0.25, 0.3) is 10.1 Å². The van der Waals surface area contributed by atoms with Crippen LogP contribution in [0.1, 0.15) is 21.1 Å². The fourth-order valence-corrected chi connectivity index (χ4v) is 3.77. The minimum atomic E-state index is -0.0653. The fourth-order valence-electron chi connectivity index (χ4n) is 2.51. The summed E-state index contributed by atoms with van der Waals surface area (Å²) in [5.74, 6) is 1.55. The van der Waals surface area contributed by atoms with Gasteiger partial charge in [-0.1, -0.05) is 0 Å². The van der Waals surface area contributed by atoms with Crippen molar-refractivity contribution in [2.75, 3.05) is 13.7 Å². The summed E-state index contributed by atoms with van der Waals surface area (Å²) in [5.41, 5.74) is 0.976. The molecule has 8 heteroatoms. The van der Waals surface area contributed by atoms with Gasteiger partial charge < -0.3 is 14.6 Å². The number of carbonyl (C=O) groups excluding carboxylic acids is 1. The Labute approximate surface area is 148 Å². The van der Waals surface area contributed by atoms with Crippen LogP contribution in [0.3, 0.4) is 0 Å². The number of carbonyl (C=O) groups is 1. The van der Waals surface area contributed by atoms with Gasteiger partial charge in [-0.15, -0.1) is 11.3 Å². The number of aromatic nitrogens is 3. The Kier molecular flexibility index (Phi) is 4.68. The number of rotatable bonds is 5. The molecule has 3 rings (SSSR count). The maximum absolute atomic E-state index is 12.5. The molecule has 1 aromatic carbocycles. The second-order valence-electron chi connectivity index (χ2n) is 5.43. The first-order valence-electron chi connectivity index (χ1n) is 7.47. The highest BCUT2D eigenvalue weighted by atomic mass is 32.1. The van der Waals surface area contributed by atoms with Crippen LogP contribution in [0.2, 0.25) is 0 Å². The van der Waals surface area contributed by atoms with Gasteiger partial charge in [-0.2, -0.15) is 5.10 Å². The number of methoxy groups -OCH3 is 1. The first-order chi connectivity index (χ1) is 11.5.